The summed E-state index contributed by atoms with van der Waals surface area (Å²) in [6, 6.07) is 8.77. The molecule has 0 unspecified atom stereocenters. The molecule has 5 rings (SSSR count). The predicted molar refractivity (Wildman–Crippen MR) is 121 cm³/mol. The van der Waals surface area contributed by atoms with Gasteiger partial charge < -0.3 is 15.5 Å². The van der Waals surface area contributed by atoms with E-state index in [1.807, 2.05) is 35.4 Å². The summed E-state index contributed by atoms with van der Waals surface area (Å²) in [5.41, 5.74) is 2.90. The Labute approximate surface area is 183 Å². The lowest BCUT2D eigenvalue weighted by Gasteiger charge is -2.26. The molecule has 1 aromatic heterocycles. The number of anilines is 3. The van der Waals surface area contributed by atoms with Crippen LogP contribution in [0.5, 0.6) is 0 Å². The van der Waals surface area contributed by atoms with Gasteiger partial charge in [-0.1, -0.05) is 17.7 Å². The van der Waals surface area contributed by atoms with Gasteiger partial charge in [0.05, 0.1) is 15.9 Å². The van der Waals surface area contributed by atoms with Crippen molar-refractivity contribution in [1.82, 2.24) is 15.3 Å². The Morgan fingerprint density at radius 3 is 2.94 bits per heavy atom. The van der Waals surface area contributed by atoms with E-state index in [-0.39, 0.29) is 10.9 Å². The van der Waals surface area contributed by atoms with Gasteiger partial charge in [-0.25, -0.2) is 14.4 Å². The minimum Gasteiger partial charge on any atom is -0.322 e. The van der Waals surface area contributed by atoms with E-state index in [1.165, 1.54) is 31.3 Å². The summed E-state index contributed by atoms with van der Waals surface area (Å²) in [6.07, 6.45) is 10.9. The number of amides is 1. The lowest BCUT2D eigenvalue weighted by Crippen LogP contribution is -2.17. The largest absolute Gasteiger partial charge is 0.322 e. The van der Waals surface area contributed by atoms with E-state index >= 15 is 0 Å². The Bertz CT molecular complexity index is 1240. The van der Waals surface area contributed by atoms with Crippen LogP contribution in [0.25, 0.3) is 17.0 Å². The van der Waals surface area contributed by atoms with Gasteiger partial charge in [-0.05, 0) is 49.2 Å². The number of hydrogen-bond donors (Lipinski definition) is 2. The van der Waals surface area contributed by atoms with Crippen molar-refractivity contribution in [3.05, 3.63) is 71.4 Å². The van der Waals surface area contributed by atoms with Crippen LogP contribution in [0.3, 0.4) is 0 Å². The molecule has 0 saturated heterocycles. The second-order valence-electron chi connectivity index (χ2n) is 7.48. The summed E-state index contributed by atoms with van der Waals surface area (Å²) in [4.78, 5) is 23.0. The molecule has 6 nitrogen and oxygen atoms in total. The van der Waals surface area contributed by atoms with Crippen molar-refractivity contribution in [2.75, 3.05) is 16.8 Å². The quantitative estimate of drug-likeness (QED) is 0.545. The molecule has 0 atom stereocenters. The van der Waals surface area contributed by atoms with Crippen LogP contribution in [-0.2, 0) is 4.79 Å². The van der Waals surface area contributed by atoms with Gasteiger partial charge in [-0.2, -0.15) is 0 Å². The van der Waals surface area contributed by atoms with E-state index in [1.54, 1.807) is 12.1 Å². The molecule has 2 heterocycles. The number of halogens is 2. The SMILES string of the molecule is O=C(/C=C/CNC1CC1)Nc1ccc2ncnc3c2c1C=CN3c1ccc(F)c(Cl)c1. The van der Waals surface area contributed by atoms with Gasteiger partial charge in [0.1, 0.15) is 18.0 Å². The summed E-state index contributed by atoms with van der Waals surface area (Å²) >= 11 is 5.97. The molecule has 2 N–H and O–H groups in total. The molecular weight excluding hydrogens is 417 g/mol. The minimum absolute atomic E-state index is 0.0333. The zero-order chi connectivity index (χ0) is 21.4. The molecule has 1 fully saturated rings. The molecule has 156 valence electrons. The molecule has 3 aromatic rings. The maximum Gasteiger partial charge on any atom is 0.248 e. The normalized spacial score (nSPS) is 15.1. The summed E-state index contributed by atoms with van der Waals surface area (Å²) in [5.74, 6) is -0.0526. The molecule has 8 heteroatoms. The maximum atomic E-state index is 13.6. The molecular formula is C23H19ClFN5O. The van der Waals surface area contributed by atoms with Crippen molar-refractivity contribution in [3.8, 4) is 0 Å². The van der Waals surface area contributed by atoms with Crippen LogP contribution in [0, 0.1) is 5.82 Å². The minimum atomic E-state index is -0.481. The third-order valence-corrected chi connectivity index (χ3v) is 5.54. The van der Waals surface area contributed by atoms with Gasteiger partial charge in [0.25, 0.3) is 0 Å². The summed E-state index contributed by atoms with van der Waals surface area (Å²) in [6.45, 7) is 0.676. The Kier molecular flexibility index (Phi) is 5.13. The highest BCUT2D eigenvalue weighted by molar-refractivity contribution is 6.31. The molecule has 31 heavy (non-hydrogen) atoms. The first kappa shape index (κ1) is 19.7. The standard InChI is InChI=1S/C23H19ClFN5O/c24-17-12-15(5-6-18(17)25)30-11-9-16-19(7-8-20-22(16)23(30)28-13-27-20)29-21(31)2-1-10-26-14-3-4-14/h1-2,5-9,11-14,26H,3-4,10H2,(H,29,31)/b2-1+. The first-order chi connectivity index (χ1) is 15.1. The smallest absolute Gasteiger partial charge is 0.248 e. The first-order valence-electron chi connectivity index (χ1n) is 10.0. The van der Waals surface area contributed by atoms with Crippen LogP contribution in [0.4, 0.5) is 21.6 Å². The maximum absolute atomic E-state index is 13.6. The molecule has 1 saturated carbocycles. The molecule has 1 aliphatic heterocycles. The molecule has 0 radical (unpaired) electrons. The second kappa shape index (κ2) is 8.09. The van der Waals surface area contributed by atoms with Crippen molar-refractivity contribution in [2.24, 2.45) is 0 Å². The summed E-state index contributed by atoms with van der Waals surface area (Å²) < 4.78 is 13.6. The van der Waals surface area contributed by atoms with Gasteiger partial charge in [0.15, 0.2) is 0 Å². The second-order valence-corrected chi connectivity index (χ2v) is 7.88. The lowest BCUT2D eigenvalue weighted by molar-refractivity contribution is -0.111. The number of rotatable bonds is 6. The number of nitrogens with one attached hydrogen (secondary N) is 2. The molecule has 0 bridgehead atoms. The highest BCUT2D eigenvalue weighted by atomic mass is 35.5. The lowest BCUT2D eigenvalue weighted by atomic mass is 10.0. The number of benzene rings is 2. The van der Waals surface area contributed by atoms with E-state index in [0.29, 0.717) is 29.8 Å². The van der Waals surface area contributed by atoms with Crippen molar-refractivity contribution < 1.29 is 9.18 Å². The van der Waals surface area contributed by atoms with Gasteiger partial charge in [-0.15, -0.1) is 0 Å². The molecule has 1 aliphatic carbocycles. The summed E-state index contributed by atoms with van der Waals surface area (Å²) in [7, 11) is 0. The van der Waals surface area contributed by atoms with Crippen molar-refractivity contribution in [3.63, 3.8) is 0 Å². The van der Waals surface area contributed by atoms with E-state index in [0.717, 1.165) is 16.5 Å². The average molecular weight is 436 g/mol. The molecule has 1 amide bonds. The Morgan fingerprint density at radius 2 is 2.13 bits per heavy atom. The topological polar surface area (TPSA) is 70.1 Å². The van der Waals surface area contributed by atoms with Crippen molar-refractivity contribution in [1.29, 1.82) is 0 Å². The van der Waals surface area contributed by atoms with Crippen LogP contribution in [0.2, 0.25) is 5.02 Å². The van der Waals surface area contributed by atoms with E-state index in [2.05, 4.69) is 20.6 Å². The number of carbonyl (C=O) groups is 1. The Hall–Kier alpha value is -3.29. The zero-order valence-corrected chi connectivity index (χ0v) is 17.2. The van der Waals surface area contributed by atoms with Crippen LogP contribution in [0.15, 0.2) is 55.0 Å². The molecule has 2 aromatic carbocycles. The Morgan fingerprint density at radius 1 is 1.26 bits per heavy atom. The fraction of sp³-hybridized carbons (Fsp3) is 0.174. The number of carbonyl (C=O) groups excluding carboxylic acids is 1. The molecule has 0 spiro atoms. The van der Waals surface area contributed by atoms with Gasteiger partial charge in [0, 0.05) is 41.8 Å². The fourth-order valence-corrected chi connectivity index (χ4v) is 3.73. The highest BCUT2D eigenvalue weighted by Crippen LogP contribution is 2.40. The van der Waals surface area contributed by atoms with Gasteiger partial charge in [-0.3, -0.25) is 4.79 Å². The van der Waals surface area contributed by atoms with Gasteiger partial charge >= 0.3 is 0 Å². The summed E-state index contributed by atoms with van der Waals surface area (Å²) in [5, 5.41) is 7.10. The van der Waals surface area contributed by atoms with Crippen LogP contribution < -0.4 is 15.5 Å². The zero-order valence-electron chi connectivity index (χ0n) is 16.5. The molecule has 2 aliphatic rings. The first-order valence-corrected chi connectivity index (χ1v) is 10.4. The third kappa shape index (κ3) is 4.02. The number of aromatic nitrogens is 2. The van der Waals surface area contributed by atoms with Crippen molar-refractivity contribution in [2.45, 2.75) is 18.9 Å². The van der Waals surface area contributed by atoms with Crippen LogP contribution in [0.1, 0.15) is 18.4 Å². The van der Waals surface area contributed by atoms with Crippen molar-refractivity contribution >= 4 is 51.7 Å². The van der Waals surface area contributed by atoms with Crippen LogP contribution in [-0.4, -0.2) is 28.5 Å². The third-order valence-electron chi connectivity index (χ3n) is 5.25. The fourth-order valence-electron chi connectivity index (χ4n) is 3.55. The van der Waals surface area contributed by atoms with E-state index < -0.39 is 5.82 Å². The number of nitrogens with zero attached hydrogens (tertiary/aromatic N) is 3. The highest BCUT2D eigenvalue weighted by Gasteiger charge is 2.22. The van der Waals surface area contributed by atoms with E-state index in [9.17, 15) is 9.18 Å². The monoisotopic (exact) mass is 435 g/mol. The predicted octanol–water partition coefficient (Wildman–Crippen LogP) is 4.79. The van der Waals surface area contributed by atoms with Crippen LogP contribution >= 0.6 is 11.6 Å². The van der Waals surface area contributed by atoms with E-state index in [4.69, 9.17) is 11.6 Å². The average Bonchev–Trinajstić information content (AvgIpc) is 3.60. The van der Waals surface area contributed by atoms with Gasteiger partial charge in [0.2, 0.25) is 5.91 Å². The Balaban J connectivity index is 1.45. The number of hydrogen-bond acceptors (Lipinski definition) is 5.